The molecule has 6 nitrogen and oxygen atoms in total. The van der Waals surface area contributed by atoms with E-state index in [-0.39, 0.29) is 13.2 Å². The van der Waals surface area contributed by atoms with Gasteiger partial charge in [0.15, 0.2) is 13.2 Å². The highest BCUT2D eigenvalue weighted by Gasteiger charge is 2.09. The zero-order valence-corrected chi connectivity index (χ0v) is 13.6. The minimum atomic E-state index is -0.614. The van der Waals surface area contributed by atoms with Crippen LogP contribution in [0.15, 0.2) is 48.5 Å². The van der Waals surface area contributed by atoms with Crippen LogP contribution in [0.5, 0.6) is 11.5 Å². The van der Waals surface area contributed by atoms with Gasteiger partial charge in [-0.3, -0.25) is 4.79 Å². The van der Waals surface area contributed by atoms with Crippen molar-refractivity contribution in [3.8, 4) is 11.5 Å². The molecule has 6 heteroatoms. The monoisotopic (exact) mass is 329 g/mol. The van der Waals surface area contributed by atoms with Gasteiger partial charge < -0.3 is 19.5 Å². The first kappa shape index (κ1) is 17.3. The Kier molecular flexibility index (Phi) is 6.19. The molecule has 0 aliphatic rings. The van der Waals surface area contributed by atoms with Gasteiger partial charge in [0.1, 0.15) is 11.5 Å². The van der Waals surface area contributed by atoms with Crippen molar-refractivity contribution in [3.05, 3.63) is 54.1 Å². The van der Waals surface area contributed by atoms with Gasteiger partial charge in [0.05, 0.1) is 7.11 Å². The van der Waals surface area contributed by atoms with E-state index in [9.17, 15) is 9.59 Å². The molecule has 0 saturated heterocycles. The van der Waals surface area contributed by atoms with Gasteiger partial charge in [-0.25, -0.2) is 4.79 Å². The summed E-state index contributed by atoms with van der Waals surface area (Å²) in [5.74, 6) is 0.147. The third kappa shape index (κ3) is 5.64. The lowest BCUT2D eigenvalue weighted by molar-refractivity contribution is -0.149. The molecule has 2 aromatic rings. The van der Waals surface area contributed by atoms with Gasteiger partial charge in [-0.2, -0.15) is 0 Å². The van der Waals surface area contributed by atoms with Crippen LogP contribution in [-0.2, 0) is 14.3 Å². The molecule has 1 N–H and O–H groups in total. The molecule has 0 fully saturated rings. The van der Waals surface area contributed by atoms with Crippen LogP contribution in [0.25, 0.3) is 0 Å². The maximum atomic E-state index is 11.8. The molecule has 0 spiro atoms. The van der Waals surface area contributed by atoms with E-state index in [1.807, 2.05) is 25.1 Å². The second kappa shape index (κ2) is 8.57. The normalized spacial score (nSPS) is 9.92. The van der Waals surface area contributed by atoms with Crippen LogP contribution in [0.2, 0.25) is 0 Å². The van der Waals surface area contributed by atoms with Crippen molar-refractivity contribution in [3.63, 3.8) is 0 Å². The molecule has 1 amide bonds. The summed E-state index contributed by atoms with van der Waals surface area (Å²) in [4.78, 5) is 23.4. The van der Waals surface area contributed by atoms with Crippen molar-refractivity contribution in [2.24, 2.45) is 0 Å². The predicted molar refractivity (Wildman–Crippen MR) is 89.3 cm³/mol. The molecule has 0 saturated carbocycles. The fourth-order valence-electron chi connectivity index (χ4n) is 1.93. The average Bonchev–Trinajstić information content (AvgIpc) is 2.58. The molecule has 0 aliphatic heterocycles. The molecule has 0 aliphatic carbocycles. The summed E-state index contributed by atoms with van der Waals surface area (Å²) < 4.78 is 15.2. The van der Waals surface area contributed by atoms with E-state index in [0.717, 1.165) is 5.56 Å². The number of hydrogen-bond donors (Lipinski definition) is 1. The third-order valence-electron chi connectivity index (χ3n) is 3.06. The van der Waals surface area contributed by atoms with Crippen LogP contribution < -0.4 is 14.8 Å². The van der Waals surface area contributed by atoms with Crippen molar-refractivity contribution >= 4 is 17.6 Å². The number of esters is 1. The minimum absolute atomic E-state index is 0.254. The van der Waals surface area contributed by atoms with Crippen LogP contribution in [0.4, 0.5) is 5.69 Å². The smallest absolute Gasteiger partial charge is 0.344 e. The van der Waals surface area contributed by atoms with Crippen molar-refractivity contribution in [1.29, 1.82) is 0 Å². The Morgan fingerprint density at radius 3 is 2.50 bits per heavy atom. The summed E-state index contributed by atoms with van der Waals surface area (Å²) in [6.45, 7) is 1.29. The molecule has 2 aromatic carbocycles. The number of carbonyl (C=O) groups excluding carboxylic acids is 2. The topological polar surface area (TPSA) is 73.9 Å². The fourth-order valence-corrected chi connectivity index (χ4v) is 1.93. The van der Waals surface area contributed by atoms with Crippen LogP contribution in [-0.4, -0.2) is 32.2 Å². The second-order valence-electron chi connectivity index (χ2n) is 5.05. The predicted octanol–water partition coefficient (Wildman–Crippen LogP) is 2.56. The third-order valence-corrected chi connectivity index (χ3v) is 3.06. The summed E-state index contributed by atoms with van der Waals surface area (Å²) >= 11 is 0. The summed E-state index contributed by atoms with van der Waals surface area (Å²) in [6, 6.07) is 14.2. The molecule has 0 aromatic heterocycles. The van der Waals surface area contributed by atoms with Gasteiger partial charge in [-0.1, -0.05) is 18.2 Å². The number of methoxy groups -OCH3 is 1. The van der Waals surface area contributed by atoms with Gasteiger partial charge in [-0.15, -0.1) is 0 Å². The molecule has 126 valence electrons. The molecule has 24 heavy (non-hydrogen) atoms. The van der Waals surface area contributed by atoms with E-state index in [0.29, 0.717) is 17.2 Å². The number of anilines is 1. The van der Waals surface area contributed by atoms with Crippen molar-refractivity contribution in [2.75, 3.05) is 25.6 Å². The van der Waals surface area contributed by atoms with E-state index >= 15 is 0 Å². The summed E-state index contributed by atoms with van der Waals surface area (Å²) in [7, 11) is 1.54. The SMILES string of the molecule is COc1cccc(NC(=O)COC(=O)COc2cccc(C)c2)c1. The van der Waals surface area contributed by atoms with Crippen LogP contribution >= 0.6 is 0 Å². The number of amides is 1. The molecular weight excluding hydrogens is 310 g/mol. The van der Waals surface area contributed by atoms with E-state index in [4.69, 9.17) is 14.2 Å². The highest BCUT2D eigenvalue weighted by Crippen LogP contribution is 2.16. The lowest BCUT2D eigenvalue weighted by atomic mass is 10.2. The van der Waals surface area contributed by atoms with Gasteiger partial charge in [-0.05, 0) is 36.8 Å². The maximum Gasteiger partial charge on any atom is 0.344 e. The van der Waals surface area contributed by atoms with Crippen LogP contribution in [0.1, 0.15) is 5.56 Å². The van der Waals surface area contributed by atoms with Crippen molar-refractivity contribution in [2.45, 2.75) is 6.92 Å². The first-order chi connectivity index (χ1) is 11.6. The lowest BCUT2D eigenvalue weighted by Gasteiger charge is -2.09. The summed E-state index contributed by atoms with van der Waals surface area (Å²) in [6.07, 6.45) is 0. The summed E-state index contributed by atoms with van der Waals surface area (Å²) in [5, 5.41) is 2.62. The second-order valence-corrected chi connectivity index (χ2v) is 5.05. The van der Waals surface area contributed by atoms with Crippen LogP contribution in [0.3, 0.4) is 0 Å². The lowest BCUT2D eigenvalue weighted by Crippen LogP contribution is -2.23. The Hall–Kier alpha value is -3.02. The number of hydrogen-bond acceptors (Lipinski definition) is 5. The highest BCUT2D eigenvalue weighted by molar-refractivity contribution is 5.93. The standard InChI is InChI=1S/C18H19NO5/c1-13-5-3-8-16(9-13)23-12-18(21)24-11-17(20)19-14-6-4-7-15(10-14)22-2/h3-10H,11-12H2,1-2H3,(H,19,20). The Morgan fingerprint density at radius 1 is 1.00 bits per heavy atom. The van der Waals surface area contributed by atoms with Gasteiger partial charge >= 0.3 is 5.97 Å². The molecule has 0 bridgehead atoms. The minimum Gasteiger partial charge on any atom is -0.497 e. The van der Waals surface area contributed by atoms with Gasteiger partial charge in [0, 0.05) is 11.8 Å². The number of nitrogens with one attached hydrogen (secondary N) is 1. The molecule has 0 unspecified atom stereocenters. The molecule has 0 atom stereocenters. The molecule has 0 heterocycles. The quantitative estimate of drug-likeness (QED) is 0.790. The number of ether oxygens (including phenoxy) is 3. The Labute approximate surface area is 140 Å². The van der Waals surface area contributed by atoms with E-state index in [1.54, 1.807) is 30.3 Å². The Balaban J connectivity index is 1.73. The van der Waals surface area contributed by atoms with Crippen molar-refractivity contribution in [1.82, 2.24) is 0 Å². The largest absolute Gasteiger partial charge is 0.497 e. The van der Waals surface area contributed by atoms with E-state index in [1.165, 1.54) is 7.11 Å². The Bertz CT molecular complexity index is 714. The maximum absolute atomic E-state index is 11.8. The van der Waals surface area contributed by atoms with Gasteiger partial charge in [0.2, 0.25) is 0 Å². The zero-order valence-electron chi connectivity index (χ0n) is 13.6. The number of benzene rings is 2. The van der Waals surface area contributed by atoms with E-state index in [2.05, 4.69) is 5.32 Å². The molecule has 0 radical (unpaired) electrons. The summed E-state index contributed by atoms with van der Waals surface area (Å²) in [5.41, 5.74) is 1.59. The highest BCUT2D eigenvalue weighted by atomic mass is 16.6. The van der Waals surface area contributed by atoms with E-state index < -0.39 is 11.9 Å². The Morgan fingerprint density at radius 2 is 1.75 bits per heavy atom. The zero-order chi connectivity index (χ0) is 17.4. The number of carbonyl (C=O) groups is 2. The number of aryl methyl sites for hydroxylation is 1. The van der Waals surface area contributed by atoms with Gasteiger partial charge in [0.25, 0.3) is 5.91 Å². The first-order valence-electron chi connectivity index (χ1n) is 7.36. The van der Waals surface area contributed by atoms with Crippen LogP contribution in [0, 0.1) is 6.92 Å². The molecular formula is C18H19NO5. The van der Waals surface area contributed by atoms with Crippen molar-refractivity contribution < 1.29 is 23.8 Å². The number of rotatable bonds is 7. The fraction of sp³-hybridized carbons (Fsp3) is 0.222. The first-order valence-corrected chi connectivity index (χ1v) is 7.36. The average molecular weight is 329 g/mol. The molecule has 2 rings (SSSR count).